The Morgan fingerprint density at radius 3 is 2.54 bits per heavy atom. The normalized spacial score (nSPS) is 28.2. The van der Waals surface area contributed by atoms with Crippen molar-refractivity contribution in [2.24, 2.45) is 5.11 Å². The summed E-state index contributed by atoms with van der Waals surface area (Å²) in [5.41, 5.74) is 8.79. The molecule has 5 atom stereocenters. The highest BCUT2D eigenvalue weighted by atomic mass is 32.2. The minimum absolute atomic E-state index is 0.286. The molecule has 1 aromatic rings. The monoisotopic (exact) mass is 384 g/mol. The first-order chi connectivity index (χ1) is 12.5. The van der Waals surface area contributed by atoms with Gasteiger partial charge in [-0.1, -0.05) is 17.2 Å². The van der Waals surface area contributed by atoms with Gasteiger partial charge in [-0.25, -0.2) is 0 Å². The fraction of sp³-hybridized carbons (Fsp3) is 0.533. The van der Waals surface area contributed by atoms with Crippen LogP contribution in [-0.2, 0) is 15.3 Å². The highest BCUT2D eigenvalue weighted by Gasteiger charge is 2.43. The Morgan fingerprint density at radius 1 is 1.23 bits per heavy atom. The minimum atomic E-state index is -1.40. The Kier molecular flexibility index (Phi) is 7.66. The van der Waals surface area contributed by atoms with Crippen LogP contribution in [0, 0.1) is 0 Å². The molecule has 0 radical (unpaired) electrons. The minimum Gasteiger partial charge on any atom is -0.394 e. The first kappa shape index (κ1) is 20.5. The molecule has 1 heterocycles. The van der Waals surface area contributed by atoms with Crippen molar-refractivity contribution in [2.75, 3.05) is 18.5 Å². The van der Waals surface area contributed by atoms with Gasteiger partial charge in [0, 0.05) is 16.4 Å². The summed E-state index contributed by atoms with van der Waals surface area (Å²) in [5.74, 6) is 0.0153. The van der Waals surface area contributed by atoms with Gasteiger partial charge in [0.15, 0.2) is 0 Å². The first-order valence-corrected chi connectivity index (χ1v) is 8.83. The van der Waals surface area contributed by atoms with Crippen molar-refractivity contribution in [3.63, 3.8) is 0 Å². The van der Waals surface area contributed by atoms with Gasteiger partial charge in [0.1, 0.15) is 36.4 Å². The molecule has 142 valence electrons. The zero-order chi connectivity index (χ0) is 19.1. The van der Waals surface area contributed by atoms with E-state index in [1.807, 2.05) is 0 Å². The molecule has 2 rings (SSSR count). The number of hydrogen-bond donors (Lipinski definition) is 5. The van der Waals surface area contributed by atoms with Crippen LogP contribution in [0.5, 0.6) is 0 Å². The average molecular weight is 384 g/mol. The van der Waals surface area contributed by atoms with Gasteiger partial charge in [-0.05, 0) is 23.2 Å². The molecular weight excluding hydrogens is 364 g/mol. The van der Waals surface area contributed by atoms with Crippen LogP contribution in [0.25, 0.3) is 10.4 Å². The number of aliphatic hydroxyl groups excluding tert-OH is 4. The third-order valence-electron chi connectivity index (χ3n) is 3.78. The predicted molar refractivity (Wildman–Crippen MR) is 94.1 cm³/mol. The van der Waals surface area contributed by atoms with Gasteiger partial charge in [0.25, 0.3) is 0 Å². The second-order valence-electron chi connectivity index (χ2n) is 5.64. The summed E-state index contributed by atoms with van der Waals surface area (Å²) in [6.45, 7) is -0.753. The maximum atomic E-state index is 11.5. The van der Waals surface area contributed by atoms with Gasteiger partial charge in [-0.3, -0.25) is 4.79 Å². The molecule has 1 aromatic carbocycles. The van der Waals surface area contributed by atoms with Crippen molar-refractivity contribution >= 4 is 23.4 Å². The standard InChI is InChI=1S/C15H20N4O6S/c16-19-17-5-11(21)18-9-3-1-8(2-4-9)7-26-15-14(24)13(23)12(22)10(6-20)25-15/h1-4,10,12-15,20,22-24H,5-7H2,(H,18,21)/t10-,12+,13+,14-,15+/m1/s1. The zero-order valence-corrected chi connectivity index (χ0v) is 14.5. The molecule has 0 aliphatic carbocycles. The quantitative estimate of drug-likeness (QED) is 0.250. The lowest BCUT2D eigenvalue weighted by Gasteiger charge is -2.39. The van der Waals surface area contributed by atoms with Gasteiger partial charge in [0.2, 0.25) is 5.91 Å². The van der Waals surface area contributed by atoms with E-state index < -0.39 is 42.4 Å². The molecule has 1 aliphatic rings. The van der Waals surface area contributed by atoms with Crippen LogP contribution >= 0.6 is 11.8 Å². The number of thioether (sulfide) groups is 1. The number of carbonyl (C=O) groups excluding carboxylic acids is 1. The van der Waals surface area contributed by atoms with E-state index in [-0.39, 0.29) is 6.54 Å². The smallest absolute Gasteiger partial charge is 0.230 e. The van der Waals surface area contributed by atoms with E-state index in [4.69, 9.17) is 10.3 Å². The summed E-state index contributed by atoms with van der Waals surface area (Å²) in [4.78, 5) is 14.0. The van der Waals surface area contributed by atoms with Crippen LogP contribution in [0.4, 0.5) is 5.69 Å². The molecule has 10 nitrogen and oxygen atoms in total. The van der Waals surface area contributed by atoms with Gasteiger partial charge >= 0.3 is 0 Å². The van der Waals surface area contributed by atoms with Crippen molar-refractivity contribution < 1.29 is 30.0 Å². The van der Waals surface area contributed by atoms with Gasteiger partial charge in [-0.15, -0.1) is 11.8 Å². The molecule has 1 fully saturated rings. The number of ether oxygens (including phenoxy) is 1. The average Bonchev–Trinajstić information content (AvgIpc) is 2.65. The van der Waals surface area contributed by atoms with Crippen LogP contribution < -0.4 is 5.32 Å². The number of hydrogen-bond acceptors (Lipinski definition) is 8. The molecule has 0 bridgehead atoms. The second kappa shape index (κ2) is 9.74. The van der Waals surface area contributed by atoms with E-state index in [0.29, 0.717) is 11.4 Å². The maximum absolute atomic E-state index is 11.5. The van der Waals surface area contributed by atoms with E-state index in [9.17, 15) is 25.2 Å². The highest BCUT2D eigenvalue weighted by molar-refractivity contribution is 7.99. The van der Waals surface area contributed by atoms with Gasteiger partial charge in [0.05, 0.1) is 6.61 Å². The summed E-state index contributed by atoms with van der Waals surface area (Å²) < 4.78 is 5.42. The predicted octanol–water partition coefficient (Wildman–Crippen LogP) is -0.0315. The van der Waals surface area contributed by atoms with E-state index in [2.05, 4.69) is 15.3 Å². The lowest BCUT2D eigenvalue weighted by Crippen LogP contribution is -2.57. The van der Waals surface area contributed by atoms with E-state index in [1.165, 1.54) is 11.8 Å². The first-order valence-electron chi connectivity index (χ1n) is 7.78. The second-order valence-corrected chi connectivity index (χ2v) is 6.73. The van der Waals surface area contributed by atoms with Crippen LogP contribution in [-0.4, -0.2) is 69.3 Å². The molecule has 1 aliphatic heterocycles. The molecule has 0 saturated carbocycles. The Balaban J connectivity index is 1.89. The van der Waals surface area contributed by atoms with Gasteiger partial charge < -0.3 is 30.5 Å². The van der Waals surface area contributed by atoms with E-state index in [0.717, 1.165) is 5.56 Å². The number of nitrogens with zero attached hydrogens (tertiary/aromatic N) is 3. The number of azide groups is 1. The number of benzene rings is 1. The van der Waals surface area contributed by atoms with Crippen molar-refractivity contribution in [3.8, 4) is 0 Å². The summed E-state index contributed by atoms with van der Waals surface area (Å²) in [7, 11) is 0. The van der Waals surface area contributed by atoms with Crippen LogP contribution in [0.2, 0.25) is 0 Å². The number of anilines is 1. The fourth-order valence-electron chi connectivity index (χ4n) is 2.36. The van der Waals surface area contributed by atoms with Crippen molar-refractivity contribution in [3.05, 3.63) is 40.3 Å². The van der Waals surface area contributed by atoms with Crippen molar-refractivity contribution in [1.29, 1.82) is 0 Å². The topological polar surface area (TPSA) is 168 Å². The van der Waals surface area contributed by atoms with Gasteiger partial charge in [-0.2, -0.15) is 0 Å². The van der Waals surface area contributed by atoms with Crippen LogP contribution in [0.1, 0.15) is 5.56 Å². The maximum Gasteiger partial charge on any atom is 0.230 e. The van der Waals surface area contributed by atoms with Crippen LogP contribution in [0.15, 0.2) is 29.4 Å². The molecule has 1 amide bonds. The summed E-state index contributed by atoms with van der Waals surface area (Å²) in [5, 5.41) is 44.4. The number of rotatable bonds is 7. The highest BCUT2D eigenvalue weighted by Crippen LogP contribution is 2.30. The molecule has 0 unspecified atom stereocenters. The molecule has 11 heteroatoms. The zero-order valence-electron chi connectivity index (χ0n) is 13.7. The van der Waals surface area contributed by atoms with E-state index in [1.54, 1.807) is 24.3 Å². The Labute approximate surface area is 153 Å². The third kappa shape index (κ3) is 5.32. The lowest BCUT2D eigenvalue weighted by atomic mass is 10.0. The van der Waals surface area contributed by atoms with Crippen LogP contribution in [0.3, 0.4) is 0 Å². The number of aliphatic hydroxyl groups is 4. The Bertz CT molecular complexity index is 652. The molecule has 0 spiro atoms. The van der Waals surface area contributed by atoms with Crippen molar-refractivity contribution in [1.82, 2.24) is 0 Å². The number of carbonyl (C=O) groups is 1. The molecule has 5 N–H and O–H groups in total. The number of nitrogens with one attached hydrogen (secondary N) is 1. The molecule has 1 saturated heterocycles. The van der Waals surface area contributed by atoms with E-state index >= 15 is 0 Å². The summed E-state index contributed by atoms with van der Waals surface area (Å²) in [6, 6.07) is 6.88. The lowest BCUT2D eigenvalue weighted by molar-refractivity contribution is -0.205. The summed E-state index contributed by atoms with van der Waals surface area (Å²) >= 11 is 1.22. The molecule has 26 heavy (non-hydrogen) atoms. The van der Waals surface area contributed by atoms with Crippen molar-refractivity contribution in [2.45, 2.75) is 35.6 Å². The SMILES string of the molecule is [N-]=[N+]=NCC(=O)Nc1ccc(CS[C@@H]2O[C@H](CO)[C@H](O)[C@H](O)[C@H]2O)cc1. The molecular formula is C15H20N4O6S. The summed E-state index contributed by atoms with van der Waals surface area (Å²) in [6.07, 6.45) is -4.98. The Hall–Kier alpha value is -1.85. The largest absolute Gasteiger partial charge is 0.394 e. The fourth-order valence-corrected chi connectivity index (χ4v) is 3.49. The molecule has 0 aromatic heterocycles. The Morgan fingerprint density at radius 2 is 1.92 bits per heavy atom. The third-order valence-corrected chi connectivity index (χ3v) is 5.00. The number of amides is 1.